The molecule has 0 radical (unpaired) electrons. The second-order valence-electron chi connectivity index (χ2n) is 6.02. The van der Waals surface area contributed by atoms with Gasteiger partial charge in [-0.15, -0.1) is 0 Å². The van der Waals surface area contributed by atoms with Crippen molar-refractivity contribution < 1.29 is 0 Å². The Hall–Kier alpha value is -0.820. The fourth-order valence-corrected chi connectivity index (χ4v) is 3.38. The van der Waals surface area contributed by atoms with Gasteiger partial charge in [0.05, 0.1) is 0 Å². The molecule has 0 atom stereocenters. The molecule has 0 aliphatic heterocycles. The predicted octanol–water partition coefficient (Wildman–Crippen LogP) is 4.11. The molecule has 1 nitrogen and oxygen atoms in total. The van der Waals surface area contributed by atoms with Crippen LogP contribution >= 0.6 is 0 Å². The van der Waals surface area contributed by atoms with Gasteiger partial charge in [-0.1, -0.05) is 43.9 Å². The second-order valence-corrected chi connectivity index (χ2v) is 6.02. The fraction of sp³-hybridized carbons (Fsp3) is 0.647. The predicted molar refractivity (Wildman–Crippen MR) is 79.2 cm³/mol. The SMILES string of the molecule is CNCC1(c2ccc(C)c(C)c2)CCCCCC1. The Bertz CT molecular complexity index is 387. The third-order valence-corrected chi connectivity index (χ3v) is 4.70. The minimum Gasteiger partial charge on any atom is -0.319 e. The monoisotopic (exact) mass is 245 g/mol. The normalized spacial score (nSPS) is 19.5. The molecular formula is C17H27N. The van der Waals surface area contributed by atoms with Gasteiger partial charge in [-0.05, 0) is 50.4 Å². The molecule has 0 aromatic heterocycles. The molecule has 0 saturated heterocycles. The summed E-state index contributed by atoms with van der Waals surface area (Å²) in [4.78, 5) is 0. The summed E-state index contributed by atoms with van der Waals surface area (Å²) in [6, 6.07) is 7.09. The number of hydrogen-bond donors (Lipinski definition) is 1. The lowest BCUT2D eigenvalue weighted by atomic mass is 9.73. The Kier molecular flexibility index (Phi) is 4.45. The summed E-state index contributed by atoms with van der Waals surface area (Å²) < 4.78 is 0. The van der Waals surface area contributed by atoms with Crippen molar-refractivity contribution in [3.63, 3.8) is 0 Å². The molecule has 0 bridgehead atoms. The smallest absolute Gasteiger partial charge is 0.00777 e. The Morgan fingerprint density at radius 3 is 2.22 bits per heavy atom. The van der Waals surface area contributed by atoms with Crippen LogP contribution in [0.5, 0.6) is 0 Å². The van der Waals surface area contributed by atoms with Crippen LogP contribution in [0.3, 0.4) is 0 Å². The first-order valence-electron chi connectivity index (χ1n) is 7.40. The first-order valence-corrected chi connectivity index (χ1v) is 7.40. The van der Waals surface area contributed by atoms with E-state index in [9.17, 15) is 0 Å². The molecule has 1 aliphatic carbocycles. The minimum absolute atomic E-state index is 0.379. The molecule has 0 spiro atoms. The highest BCUT2D eigenvalue weighted by molar-refractivity contribution is 5.35. The van der Waals surface area contributed by atoms with Crippen LogP contribution in [0, 0.1) is 13.8 Å². The maximum atomic E-state index is 3.44. The van der Waals surface area contributed by atoms with Gasteiger partial charge in [0, 0.05) is 12.0 Å². The van der Waals surface area contributed by atoms with E-state index < -0.39 is 0 Å². The molecule has 18 heavy (non-hydrogen) atoms. The summed E-state index contributed by atoms with van der Waals surface area (Å²) in [6.07, 6.45) is 8.28. The molecule has 1 aromatic rings. The number of nitrogens with one attached hydrogen (secondary N) is 1. The van der Waals surface area contributed by atoms with E-state index in [1.807, 2.05) is 0 Å². The highest BCUT2D eigenvalue weighted by atomic mass is 14.8. The van der Waals surface area contributed by atoms with Crippen molar-refractivity contribution >= 4 is 0 Å². The van der Waals surface area contributed by atoms with Gasteiger partial charge in [0.1, 0.15) is 0 Å². The summed E-state index contributed by atoms with van der Waals surface area (Å²) in [5.41, 5.74) is 4.78. The molecular weight excluding hydrogens is 218 g/mol. The minimum atomic E-state index is 0.379. The average Bonchev–Trinajstić information content (AvgIpc) is 2.60. The van der Waals surface area contributed by atoms with Crippen LogP contribution in [0.15, 0.2) is 18.2 Å². The Labute approximate surface area is 112 Å². The van der Waals surface area contributed by atoms with Gasteiger partial charge < -0.3 is 5.32 Å². The maximum Gasteiger partial charge on any atom is 0.00777 e. The largest absolute Gasteiger partial charge is 0.319 e. The number of rotatable bonds is 3. The third-order valence-electron chi connectivity index (χ3n) is 4.70. The van der Waals surface area contributed by atoms with Crippen molar-refractivity contribution in [3.05, 3.63) is 34.9 Å². The zero-order valence-electron chi connectivity index (χ0n) is 12.2. The van der Waals surface area contributed by atoms with E-state index in [0.717, 1.165) is 6.54 Å². The van der Waals surface area contributed by atoms with E-state index in [1.54, 1.807) is 5.56 Å². The maximum absolute atomic E-state index is 3.44. The van der Waals surface area contributed by atoms with Gasteiger partial charge in [-0.2, -0.15) is 0 Å². The van der Waals surface area contributed by atoms with Crippen LogP contribution in [0.4, 0.5) is 0 Å². The Morgan fingerprint density at radius 1 is 1.00 bits per heavy atom. The van der Waals surface area contributed by atoms with Crippen molar-refractivity contribution in [1.82, 2.24) is 5.32 Å². The first-order chi connectivity index (χ1) is 8.68. The van der Waals surface area contributed by atoms with Gasteiger partial charge in [0.2, 0.25) is 0 Å². The van der Waals surface area contributed by atoms with E-state index in [2.05, 4.69) is 44.4 Å². The molecule has 1 aliphatic rings. The molecule has 1 aromatic carbocycles. The molecule has 0 unspecified atom stereocenters. The zero-order chi connectivity index (χ0) is 13.0. The molecule has 100 valence electrons. The molecule has 1 N–H and O–H groups in total. The van der Waals surface area contributed by atoms with E-state index in [4.69, 9.17) is 0 Å². The summed E-state index contributed by atoms with van der Waals surface area (Å²) in [6.45, 7) is 5.56. The summed E-state index contributed by atoms with van der Waals surface area (Å²) in [5.74, 6) is 0. The quantitative estimate of drug-likeness (QED) is 0.790. The highest BCUT2D eigenvalue weighted by Gasteiger charge is 2.32. The molecule has 1 fully saturated rings. The van der Waals surface area contributed by atoms with Crippen molar-refractivity contribution in [2.45, 2.75) is 57.8 Å². The molecule has 1 saturated carbocycles. The van der Waals surface area contributed by atoms with Crippen LogP contribution in [0.25, 0.3) is 0 Å². The summed E-state index contributed by atoms with van der Waals surface area (Å²) in [5, 5.41) is 3.44. The lowest BCUT2D eigenvalue weighted by Crippen LogP contribution is -2.36. The molecule has 0 heterocycles. The van der Waals surface area contributed by atoms with Crippen LogP contribution in [0.2, 0.25) is 0 Å². The van der Waals surface area contributed by atoms with Crippen molar-refractivity contribution in [2.24, 2.45) is 0 Å². The molecule has 0 amide bonds. The van der Waals surface area contributed by atoms with Crippen LogP contribution in [0.1, 0.15) is 55.2 Å². The summed E-state index contributed by atoms with van der Waals surface area (Å²) in [7, 11) is 2.09. The van der Waals surface area contributed by atoms with Crippen LogP contribution in [-0.2, 0) is 5.41 Å². The highest BCUT2D eigenvalue weighted by Crippen LogP contribution is 2.38. The van der Waals surface area contributed by atoms with Crippen molar-refractivity contribution in [3.8, 4) is 0 Å². The van der Waals surface area contributed by atoms with E-state index in [1.165, 1.54) is 49.7 Å². The first kappa shape index (κ1) is 13.6. The van der Waals surface area contributed by atoms with E-state index in [-0.39, 0.29) is 0 Å². The van der Waals surface area contributed by atoms with Gasteiger partial charge in [-0.25, -0.2) is 0 Å². The lowest BCUT2D eigenvalue weighted by molar-refractivity contribution is 0.357. The zero-order valence-corrected chi connectivity index (χ0v) is 12.2. The van der Waals surface area contributed by atoms with Gasteiger partial charge >= 0.3 is 0 Å². The van der Waals surface area contributed by atoms with E-state index in [0.29, 0.717) is 5.41 Å². The van der Waals surface area contributed by atoms with Crippen LogP contribution in [-0.4, -0.2) is 13.6 Å². The fourth-order valence-electron chi connectivity index (χ4n) is 3.38. The molecule has 1 heteroatoms. The molecule has 2 rings (SSSR count). The van der Waals surface area contributed by atoms with E-state index >= 15 is 0 Å². The Balaban J connectivity index is 2.35. The van der Waals surface area contributed by atoms with Crippen molar-refractivity contribution in [1.29, 1.82) is 0 Å². The number of hydrogen-bond acceptors (Lipinski definition) is 1. The topological polar surface area (TPSA) is 12.0 Å². The van der Waals surface area contributed by atoms with Crippen molar-refractivity contribution in [2.75, 3.05) is 13.6 Å². The Morgan fingerprint density at radius 2 is 1.67 bits per heavy atom. The van der Waals surface area contributed by atoms with Gasteiger partial charge in [0.25, 0.3) is 0 Å². The number of aryl methyl sites for hydroxylation is 2. The van der Waals surface area contributed by atoms with Gasteiger partial charge in [-0.3, -0.25) is 0 Å². The van der Waals surface area contributed by atoms with Crippen LogP contribution < -0.4 is 5.32 Å². The second kappa shape index (κ2) is 5.88. The standard InChI is InChI=1S/C17H27N/c1-14-8-9-16(12-15(14)2)17(13-18-3)10-6-4-5-7-11-17/h8-9,12,18H,4-7,10-11,13H2,1-3H3. The summed E-state index contributed by atoms with van der Waals surface area (Å²) >= 11 is 0. The number of likely N-dealkylation sites (N-methyl/N-ethyl adjacent to an activating group) is 1. The lowest BCUT2D eigenvalue weighted by Gasteiger charge is -2.34. The van der Waals surface area contributed by atoms with Gasteiger partial charge in [0.15, 0.2) is 0 Å². The number of benzene rings is 1. The third kappa shape index (κ3) is 2.77. The average molecular weight is 245 g/mol.